The molecule has 7 nitrogen and oxygen atoms in total. The van der Waals surface area contributed by atoms with Gasteiger partial charge in [-0.05, 0) is 42.8 Å². The van der Waals surface area contributed by atoms with Crippen molar-refractivity contribution < 1.29 is 23.8 Å². The molecule has 0 spiro atoms. The van der Waals surface area contributed by atoms with Crippen molar-refractivity contribution in [2.75, 3.05) is 18.5 Å². The van der Waals surface area contributed by atoms with E-state index in [1.54, 1.807) is 36.4 Å². The summed E-state index contributed by atoms with van der Waals surface area (Å²) in [5.74, 6) is 0.157. The summed E-state index contributed by atoms with van der Waals surface area (Å²) < 4.78 is 16.3. The van der Waals surface area contributed by atoms with Crippen LogP contribution in [0, 0.1) is 0 Å². The first-order valence-corrected chi connectivity index (χ1v) is 9.10. The summed E-state index contributed by atoms with van der Waals surface area (Å²) in [6, 6.07) is 8.62. The second kappa shape index (κ2) is 9.23. The van der Waals surface area contributed by atoms with Crippen molar-refractivity contribution >= 4 is 35.2 Å². The molecular weight excluding hydrogens is 384 g/mol. The molecule has 0 unspecified atom stereocenters. The van der Waals surface area contributed by atoms with E-state index in [0.717, 1.165) is 12.0 Å². The van der Waals surface area contributed by atoms with E-state index < -0.39 is 18.0 Å². The van der Waals surface area contributed by atoms with Crippen molar-refractivity contribution in [2.45, 2.75) is 19.4 Å². The molecule has 1 aliphatic heterocycles. The van der Waals surface area contributed by atoms with E-state index >= 15 is 0 Å². The van der Waals surface area contributed by atoms with Crippen LogP contribution in [0.1, 0.15) is 18.9 Å². The van der Waals surface area contributed by atoms with E-state index in [1.807, 2.05) is 0 Å². The van der Waals surface area contributed by atoms with E-state index in [0.29, 0.717) is 30.4 Å². The van der Waals surface area contributed by atoms with Crippen LogP contribution in [-0.4, -0.2) is 36.2 Å². The number of nitrogens with one attached hydrogen (secondary N) is 1. The van der Waals surface area contributed by atoms with Crippen molar-refractivity contribution in [3.63, 3.8) is 0 Å². The lowest BCUT2D eigenvalue weighted by molar-refractivity contribution is -0.148. The van der Waals surface area contributed by atoms with Crippen molar-refractivity contribution in [3.8, 4) is 11.5 Å². The minimum absolute atomic E-state index is 0.156. The van der Waals surface area contributed by atoms with Crippen molar-refractivity contribution in [3.05, 3.63) is 53.3 Å². The summed E-state index contributed by atoms with van der Waals surface area (Å²) in [4.78, 5) is 28.0. The van der Waals surface area contributed by atoms with Crippen LogP contribution < -0.4 is 14.8 Å². The smallest absolute Gasteiger partial charge is 0.331 e. The number of hydrogen-bond donors (Lipinski definition) is 1. The number of rotatable bonds is 5. The summed E-state index contributed by atoms with van der Waals surface area (Å²) in [5, 5.41) is 2.72. The molecule has 1 atom stereocenters. The predicted molar refractivity (Wildman–Crippen MR) is 105 cm³/mol. The Kier molecular flexibility index (Phi) is 6.49. The van der Waals surface area contributed by atoms with Gasteiger partial charge in [0.25, 0.3) is 5.91 Å². The maximum absolute atomic E-state index is 12.1. The second-order valence-electron chi connectivity index (χ2n) is 6.00. The molecule has 0 radical (unpaired) electrons. The molecule has 2 aromatic rings. The molecule has 0 bridgehead atoms. The Morgan fingerprint density at radius 1 is 1.25 bits per heavy atom. The molecule has 1 aromatic carbocycles. The summed E-state index contributed by atoms with van der Waals surface area (Å²) >= 11 is 5.89. The Hall–Kier alpha value is -3.06. The van der Waals surface area contributed by atoms with E-state index in [2.05, 4.69) is 10.3 Å². The number of ether oxygens (including phenoxy) is 3. The van der Waals surface area contributed by atoms with Gasteiger partial charge in [0.2, 0.25) is 0 Å². The van der Waals surface area contributed by atoms with E-state index in [9.17, 15) is 9.59 Å². The Balaban J connectivity index is 1.56. The van der Waals surface area contributed by atoms with E-state index in [-0.39, 0.29) is 5.15 Å². The highest BCUT2D eigenvalue weighted by atomic mass is 35.5. The normalized spacial score (nSPS) is 14.2. The number of esters is 1. The lowest BCUT2D eigenvalue weighted by Gasteiger charge is -2.12. The molecule has 0 saturated heterocycles. The van der Waals surface area contributed by atoms with Crippen LogP contribution in [0.3, 0.4) is 0 Å². The van der Waals surface area contributed by atoms with Gasteiger partial charge in [-0.3, -0.25) is 4.79 Å². The third-order valence-corrected chi connectivity index (χ3v) is 4.16. The number of fused-ring (bicyclic) bond motifs is 1. The molecule has 8 heteroatoms. The quantitative estimate of drug-likeness (QED) is 0.468. The number of hydrogen-bond acceptors (Lipinski definition) is 6. The van der Waals surface area contributed by atoms with Crippen LogP contribution in [0.15, 0.2) is 42.6 Å². The Morgan fingerprint density at radius 3 is 2.82 bits per heavy atom. The molecule has 1 amide bonds. The maximum atomic E-state index is 12.1. The number of anilines is 1. The zero-order valence-corrected chi connectivity index (χ0v) is 15.9. The molecule has 0 fully saturated rings. The van der Waals surface area contributed by atoms with Gasteiger partial charge >= 0.3 is 5.97 Å². The lowest BCUT2D eigenvalue weighted by Crippen LogP contribution is -2.29. The molecule has 1 N–H and O–H groups in total. The van der Waals surface area contributed by atoms with Crippen LogP contribution in [0.4, 0.5) is 5.69 Å². The lowest BCUT2D eigenvalue weighted by atomic mass is 10.2. The van der Waals surface area contributed by atoms with Gasteiger partial charge in [0.15, 0.2) is 22.8 Å². The maximum Gasteiger partial charge on any atom is 0.331 e. The highest BCUT2D eigenvalue weighted by Gasteiger charge is 2.18. The van der Waals surface area contributed by atoms with Crippen LogP contribution in [0.25, 0.3) is 6.08 Å². The van der Waals surface area contributed by atoms with Gasteiger partial charge < -0.3 is 19.5 Å². The van der Waals surface area contributed by atoms with E-state index in [1.165, 1.54) is 19.2 Å². The molecule has 2 heterocycles. The summed E-state index contributed by atoms with van der Waals surface area (Å²) in [5.41, 5.74) is 1.10. The number of pyridine rings is 1. The number of aromatic nitrogens is 1. The van der Waals surface area contributed by atoms with Crippen molar-refractivity contribution in [1.29, 1.82) is 0 Å². The van der Waals surface area contributed by atoms with Gasteiger partial charge in [0, 0.05) is 18.7 Å². The first-order valence-electron chi connectivity index (χ1n) is 8.72. The largest absolute Gasteiger partial charge is 0.490 e. The average molecular weight is 403 g/mol. The highest BCUT2D eigenvalue weighted by Crippen LogP contribution is 2.30. The Morgan fingerprint density at radius 2 is 2.04 bits per heavy atom. The predicted octanol–water partition coefficient (Wildman–Crippen LogP) is 3.48. The van der Waals surface area contributed by atoms with Crippen LogP contribution in [0.5, 0.6) is 11.5 Å². The Labute approximate surface area is 167 Å². The third kappa shape index (κ3) is 5.23. The number of benzene rings is 1. The van der Waals surface area contributed by atoms with Crippen LogP contribution in [-0.2, 0) is 14.3 Å². The number of nitrogens with zero attached hydrogens (tertiary/aromatic N) is 1. The van der Waals surface area contributed by atoms with Gasteiger partial charge in [-0.15, -0.1) is 0 Å². The fourth-order valence-electron chi connectivity index (χ4n) is 2.43. The first-order chi connectivity index (χ1) is 13.5. The van der Waals surface area contributed by atoms with Crippen molar-refractivity contribution in [2.24, 2.45) is 0 Å². The zero-order chi connectivity index (χ0) is 19.9. The van der Waals surface area contributed by atoms with Crippen molar-refractivity contribution in [1.82, 2.24) is 4.98 Å². The minimum Gasteiger partial charge on any atom is -0.490 e. The number of halogens is 1. The molecule has 146 valence electrons. The molecule has 1 aliphatic rings. The molecule has 0 aliphatic carbocycles. The topological polar surface area (TPSA) is 86.8 Å². The average Bonchev–Trinajstić information content (AvgIpc) is 2.93. The summed E-state index contributed by atoms with van der Waals surface area (Å²) in [6.07, 6.45) is 4.15. The summed E-state index contributed by atoms with van der Waals surface area (Å²) in [7, 11) is 0. The zero-order valence-electron chi connectivity index (χ0n) is 15.2. The van der Waals surface area contributed by atoms with Gasteiger partial charge in [-0.1, -0.05) is 17.7 Å². The minimum atomic E-state index is -1.00. The fraction of sp³-hybridized carbons (Fsp3) is 0.250. The van der Waals surface area contributed by atoms with Crippen LogP contribution >= 0.6 is 11.6 Å². The molecule has 3 rings (SSSR count). The monoisotopic (exact) mass is 402 g/mol. The number of carbonyl (C=O) groups excluding carboxylic acids is 2. The van der Waals surface area contributed by atoms with Crippen LogP contribution in [0.2, 0.25) is 5.15 Å². The number of amides is 1. The third-order valence-electron chi connectivity index (χ3n) is 3.86. The molecular formula is C20H19ClN2O5. The number of carbonyl (C=O) groups is 2. The van der Waals surface area contributed by atoms with Gasteiger partial charge in [-0.25, -0.2) is 9.78 Å². The highest BCUT2D eigenvalue weighted by molar-refractivity contribution is 6.32. The fourth-order valence-corrected chi connectivity index (χ4v) is 2.60. The summed E-state index contributed by atoms with van der Waals surface area (Å²) in [6.45, 7) is 2.66. The van der Waals surface area contributed by atoms with Gasteiger partial charge in [0.05, 0.1) is 18.9 Å². The standard InChI is InChI=1S/C20H19ClN2O5/c1-13(20(25)23-15-4-2-9-22-19(15)21)28-18(24)8-6-14-5-7-16-17(12-14)27-11-3-10-26-16/h2,4-9,12-13H,3,10-11H2,1H3,(H,23,25)/b8-6+/t13-/m1/s1. The van der Waals surface area contributed by atoms with Gasteiger partial charge in [0.1, 0.15) is 0 Å². The Bertz CT molecular complexity index is 900. The molecule has 28 heavy (non-hydrogen) atoms. The SMILES string of the molecule is C[C@@H](OC(=O)/C=C/c1ccc2c(c1)OCCCO2)C(=O)Nc1cccnc1Cl. The molecule has 0 saturated carbocycles. The first kappa shape index (κ1) is 19.7. The van der Waals surface area contributed by atoms with E-state index in [4.69, 9.17) is 25.8 Å². The molecule has 1 aromatic heterocycles. The van der Waals surface area contributed by atoms with Gasteiger partial charge in [-0.2, -0.15) is 0 Å². The second-order valence-corrected chi connectivity index (χ2v) is 6.36.